The number of anilines is 2. The first-order valence-corrected chi connectivity index (χ1v) is 7.96. The van der Waals surface area contributed by atoms with Crippen LogP contribution in [-0.4, -0.2) is 39.0 Å². The average Bonchev–Trinajstić information content (AvgIpc) is 2.55. The summed E-state index contributed by atoms with van der Waals surface area (Å²) in [4.78, 5) is 25.8. The number of hydrogen-bond acceptors (Lipinski definition) is 7. The number of nitro groups is 1. The van der Waals surface area contributed by atoms with Crippen LogP contribution in [0.5, 0.6) is 0 Å². The van der Waals surface area contributed by atoms with Crippen molar-refractivity contribution in [2.45, 2.75) is 32.7 Å². The number of piperidine rings is 1. The van der Waals surface area contributed by atoms with Gasteiger partial charge < -0.3 is 10.2 Å². The molecule has 3 rings (SSSR count). The number of nitrogens with one attached hydrogen (secondary N) is 1. The Labute approximate surface area is 140 Å². The standard InChI is InChI=1S/C16H20N6O2/c1-11-10-15(19-12(2)18-11)21-8-5-13(6-9-21)20-16-14(22(23)24)4-3-7-17-16/h3-4,7,10,13H,5-6,8-9H2,1-2H3,(H,17,20). The molecule has 3 heterocycles. The molecule has 1 aliphatic heterocycles. The van der Waals surface area contributed by atoms with Crippen LogP contribution in [0.1, 0.15) is 24.4 Å². The van der Waals surface area contributed by atoms with Gasteiger partial charge in [0.15, 0.2) is 0 Å². The number of aromatic nitrogens is 3. The molecule has 0 bridgehead atoms. The fourth-order valence-electron chi connectivity index (χ4n) is 2.96. The lowest BCUT2D eigenvalue weighted by atomic mass is 10.0. The van der Waals surface area contributed by atoms with E-state index in [4.69, 9.17) is 0 Å². The van der Waals surface area contributed by atoms with Crippen molar-refractivity contribution in [2.75, 3.05) is 23.3 Å². The maximum absolute atomic E-state index is 11.1. The molecule has 0 amide bonds. The van der Waals surface area contributed by atoms with E-state index in [0.717, 1.165) is 43.3 Å². The molecule has 0 radical (unpaired) electrons. The van der Waals surface area contributed by atoms with Crippen LogP contribution in [0, 0.1) is 24.0 Å². The van der Waals surface area contributed by atoms with Gasteiger partial charge in [-0.05, 0) is 32.8 Å². The molecule has 0 unspecified atom stereocenters. The number of nitrogens with zero attached hydrogens (tertiary/aromatic N) is 5. The molecule has 0 spiro atoms. The molecule has 0 aliphatic carbocycles. The van der Waals surface area contributed by atoms with Crippen molar-refractivity contribution in [2.24, 2.45) is 0 Å². The number of pyridine rings is 1. The minimum atomic E-state index is -0.406. The molecule has 1 N–H and O–H groups in total. The molecule has 1 aliphatic rings. The van der Waals surface area contributed by atoms with E-state index >= 15 is 0 Å². The molecule has 8 nitrogen and oxygen atoms in total. The first-order chi connectivity index (χ1) is 11.5. The molecule has 2 aromatic rings. The van der Waals surface area contributed by atoms with E-state index in [-0.39, 0.29) is 11.7 Å². The van der Waals surface area contributed by atoms with Gasteiger partial charge in [-0.25, -0.2) is 15.0 Å². The molecule has 1 saturated heterocycles. The van der Waals surface area contributed by atoms with Gasteiger partial charge in [0.2, 0.25) is 5.82 Å². The Morgan fingerprint density at radius 1 is 1.29 bits per heavy atom. The summed E-state index contributed by atoms with van der Waals surface area (Å²) < 4.78 is 0. The van der Waals surface area contributed by atoms with Gasteiger partial charge in [-0.1, -0.05) is 0 Å². The highest BCUT2D eigenvalue weighted by Gasteiger charge is 2.23. The first kappa shape index (κ1) is 16.1. The maximum Gasteiger partial charge on any atom is 0.311 e. The van der Waals surface area contributed by atoms with E-state index in [1.807, 2.05) is 19.9 Å². The summed E-state index contributed by atoms with van der Waals surface area (Å²) in [5, 5.41) is 14.3. The van der Waals surface area contributed by atoms with Gasteiger partial charge in [0, 0.05) is 43.2 Å². The van der Waals surface area contributed by atoms with Gasteiger partial charge in [0.05, 0.1) is 4.92 Å². The number of aryl methyl sites for hydroxylation is 2. The second-order valence-electron chi connectivity index (χ2n) is 5.95. The highest BCUT2D eigenvalue weighted by molar-refractivity contribution is 5.55. The van der Waals surface area contributed by atoms with Gasteiger partial charge in [-0.15, -0.1) is 0 Å². The zero-order valence-corrected chi connectivity index (χ0v) is 13.8. The van der Waals surface area contributed by atoms with Crippen LogP contribution in [0.4, 0.5) is 17.3 Å². The predicted molar refractivity (Wildman–Crippen MR) is 91.3 cm³/mol. The van der Waals surface area contributed by atoms with Gasteiger partial charge in [-0.3, -0.25) is 10.1 Å². The summed E-state index contributed by atoms with van der Waals surface area (Å²) in [6.07, 6.45) is 3.31. The highest BCUT2D eigenvalue weighted by atomic mass is 16.6. The van der Waals surface area contributed by atoms with Crippen molar-refractivity contribution in [3.8, 4) is 0 Å². The van der Waals surface area contributed by atoms with Gasteiger partial charge in [-0.2, -0.15) is 0 Å². The normalized spacial score (nSPS) is 15.3. The third kappa shape index (κ3) is 3.58. The van der Waals surface area contributed by atoms with Crippen LogP contribution >= 0.6 is 0 Å². The predicted octanol–water partition coefficient (Wildman–Crippen LogP) is 2.48. The second kappa shape index (κ2) is 6.77. The van der Waals surface area contributed by atoms with E-state index in [2.05, 4.69) is 25.2 Å². The van der Waals surface area contributed by atoms with Crippen molar-refractivity contribution in [3.63, 3.8) is 0 Å². The van der Waals surface area contributed by atoms with Crippen LogP contribution in [0.15, 0.2) is 24.4 Å². The number of hydrogen-bond donors (Lipinski definition) is 1. The molecule has 2 aromatic heterocycles. The van der Waals surface area contributed by atoms with Gasteiger partial charge >= 0.3 is 5.69 Å². The Morgan fingerprint density at radius 2 is 2.04 bits per heavy atom. The molecule has 0 saturated carbocycles. The minimum absolute atomic E-state index is 0.0157. The van der Waals surface area contributed by atoms with E-state index in [0.29, 0.717) is 5.82 Å². The van der Waals surface area contributed by atoms with Crippen molar-refractivity contribution >= 4 is 17.3 Å². The summed E-state index contributed by atoms with van der Waals surface area (Å²) in [5.74, 6) is 2.06. The molecule has 24 heavy (non-hydrogen) atoms. The lowest BCUT2D eigenvalue weighted by Crippen LogP contribution is -2.39. The minimum Gasteiger partial charge on any atom is -0.361 e. The molecule has 126 valence electrons. The molecule has 0 atom stereocenters. The van der Waals surface area contributed by atoms with E-state index < -0.39 is 4.92 Å². The quantitative estimate of drug-likeness (QED) is 0.680. The Hall–Kier alpha value is -2.77. The van der Waals surface area contributed by atoms with Crippen LogP contribution in [0.3, 0.4) is 0 Å². The van der Waals surface area contributed by atoms with Crippen LogP contribution in [0.25, 0.3) is 0 Å². The van der Waals surface area contributed by atoms with E-state index in [9.17, 15) is 10.1 Å². The average molecular weight is 328 g/mol. The zero-order chi connectivity index (χ0) is 17.1. The fraction of sp³-hybridized carbons (Fsp3) is 0.438. The fourth-order valence-corrected chi connectivity index (χ4v) is 2.96. The van der Waals surface area contributed by atoms with Crippen molar-refractivity contribution in [3.05, 3.63) is 46.0 Å². The second-order valence-corrected chi connectivity index (χ2v) is 5.95. The summed E-state index contributed by atoms with van der Waals surface area (Å²) >= 11 is 0. The lowest BCUT2D eigenvalue weighted by molar-refractivity contribution is -0.384. The van der Waals surface area contributed by atoms with Crippen LogP contribution in [0.2, 0.25) is 0 Å². The van der Waals surface area contributed by atoms with Gasteiger partial charge in [0.25, 0.3) is 0 Å². The van der Waals surface area contributed by atoms with Crippen LogP contribution in [-0.2, 0) is 0 Å². The molecule has 8 heteroatoms. The van der Waals surface area contributed by atoms with Crippen molar-refractivity contribution in [1.82, 2.24) is 15.0 Å². The van der Waals surface area contributed by atoms with Crippen molar-refractivity contribution in [1.29, 1.82) is 0 Å². The molecular weight excluding hydrogens is 308 g/mol. The summed E-state index contributed by atoms with van der Waals surface area (Å²) in [5.41, 5.74) is 0.976. The summed E-state index contributed by atoms with van der Waals surface area (Å²) in [7, 11) is 0. The highest BCUT2D eigenvalue weighted by Crippen LogP contribution is 2.25. The smallest absolute Gasteiger partial charge is 0.311 e. The van der Waals surface area contributed by atoms with Crippen molar-refractivity contribution < 1.29 is 4.92 Å². The zero-order valence-electron chi connectivity index (χ0n) is 13.8. The monoisotopic (exact) mass is 328 g/mol. The summed E-state index contributed by atoms with van der Waals surface area (Å²) in [6.45, 7) is 5.54. The molecule has 0 aromatic carbocycles. The Morgan fingerprint density at radius 3 is 2.71 bits per heavy atom. The van der Waals surface area contributed by atoms with Crippen LogP contribution < -0.4 is 10.2 Å². The Balaban J connectivity index is 1.64. The topological polar surface area (TPSA) is 97.1 Å². The summed E-state index contributed by atoms with van der Waals surface area (Å²) in [6, 6.07) is 5.20. The lowest BCUT2D eigenvalue weighted by Gasteiger charge is -2.33. The Bertz CT molecular complexity index is 723. The molecular formula is C16H20N6O2. The van der Waals surface area contributed by atoms with E-state index in [1.165, 1.54) is 6.07 Å². The first-order valence-electron chi connectivity index (χ1n) is 7.96. The third-order valence-electron chi connectivity index (χ3n) is 4.10. The maximum atomic E-state index is 11.1. The van der Waals surface area contributed by atoms with E-state index in [1.54, 1.807) is 12.3 Å². The molecule has 1 fully saturated rings. The van der Waals surface area contributed by atoms with Gasteiger partial charge in [0.1, 0.15) is 11.6 Å². The third-order valence-corrected chi connectivity index (χ3v) is 4.10. The Kier molecular flexibility index (Phi) is 4.54. The number of rotatable bonds is 4. The SMILES string of the molecule is Cc1cc(N2CCC(Nc3ncccc3[N+](=O)[O-])CC2)nc(C)n1. The largest absolute Gasteiger partial charge is 0.361 e.